The number of benzene rings is 1. The van der Waals surface area contributed by atoms with E-state index in [9.17, 15) is 9.90 Å². The molecule has 3 N–H and O–H groups in total. The number of ether oxygens (including phenoxy) is 1. The molecule has 0 unspecified atom stereocenters. The van der Waals surface area contributed by atoms with Gasteiger partial charge < -0.3 is 20.5 Å². The minimum Gasteiger partial charge on any atom is -0.491 e. The third-order valence-electron chi connectivity index (χ3n) is 4.44. The lowest BCUT2D eigenvalue weighted by atomic mass is 9.93. The molecule has 0 spiro atoms. The summed E-state index contributed by atoms with van der Waals surface area (Å²) in [5, 5.41) is 10.2. The zero-order chi connectivity index (χ0) is 16.8. The average Bonchev–Trinajstić information content (AvgIpc) is 2.50. The number of aryl methyl sites for hydroxylation is 2. The smallest absolute Gasteiger partial charge is 0.217 e. The minimum absolute atomic E-state index is 0.217. The van der Waals surface area contributed by atoms with Crippen LogP contribution < -0.4 is 10.5 Å². The van der Waals surface area contributed by atoms with E-state index in [2.05, 4.69) is 11.0 Å². The van der Waals surface area contributed by atoms with Crippen molar-refractivity contribution in [1.29, 1.82) is 0 Å². The lowest BCUT2D eigenvalue weighted by molar-refractivity contribution is -0.119. The van der Waals surface area contributed by atoms with Crippen LogP contribution in [0.3, 0.4) is 0 Å². The average molecular weight is 320 g/mol. The van der Waals surface area contributed by atoms with Crippen LogP contribution in [0.1, 0.15) is 30.4 Å². The second-order valence-corrected chi connectivity index (χ2v) is 6.65. The van der Waals surface area contributed by atoms with Crippen molar-refractivity contribution in [3.63, 3.8) is 0 Å². The molecule has 1 aromatic rings. The van der Waals surface area contributed by atoms with E-state index < -0.39 is 6.10 Å². The molecule has 2 rings (SSSR count). The van der Waals surface area contributed by atoms with Gasteiger partial charge in [-0.15, -0.1) is 0 Å². The van der Waals surface area contributed by atoms with Crippen molar-refractivity contribution in [3.8, 4) is 5.75 Å². The van der Waals surface area contributed by atoms with E-state index in [-0.39, 0.29) is 5.91 Å². The Hall–Kier alpha value is -1.59. The van der Waals surface area contributed by atoms with E-state index >= 15 is 0 Å². The highest BCUT2D eigenvalue weighted by molar-refractivity contribution is 5.73. The summed E-state index contributed by atoms with van der Waals surface area (Å²) in [6.45, 7) is 6.74. The van der Waals surface area contributed by atoms with Crippen molar-refractivity contribution in [2.45, 2.75) is 39.2 Å². The van der Waals surface area contributed by atoms with E-state index in [1.54, 1.807) is 0 Å². The fourth-order valence-corrected chi connectivity index (χ4v) is 3.06. The molecule has 1 amide bonds. The lowest BCUT2D eigenvalue weighted by Crippen LogP contribution is -2.41. The van der Waals surface area contributed by atoms with Gasteiger partial charge in [-0.05, 0) is 62.9 Å². The molecule has 128 valence electrons. The first-order valence-electron chi connectivity index (χ1n) is 8.33. The van der Waals surface area contributed by atoms with Crippen molar-refractivity contribution < 1.29 is 14.6 Å². The van der Waals surface area contributed by atoms with Gasteiger partial charge in [0.25, 0.3) is 0 Å². The molecular weight excluding hydrogens is 292 g/mol. The lowest BCUT2D eigenvalue weighted by Gasteiger charge is -2.32. The number of nitrogens with zero attached hydrogens (tertiary/aromatic N) is 1. The molecule has 1 aliphatic rings. The van der Waals surface area contributed by atoms with Gasteiger partial charge in [-0.3, -0.25) is 4.79 Å². The number of hydrogen-bond donors (Lipinski definition) is 2. The summed E-state index contributed by atoms with van der Waals surface area (Å²) >= 11 is 0. The molecule has 5 heteroatoms. The molecule has 0 bridgehead atoms. The quantitative estimate of drug-likeness (QED) is 0.801. The van der Waals surface area contributed by atoms with E-state index in [4.69, 9.17) is 10.5 Å². The second kappa shape index (κ2) is 8.31. The molecule has 1 aromatic carbocycles. The van der Waals surface area contributed by atoms with Gasteiger partial charge in [-0.2, -0.15) is 0 Å². The van der Waals surface area contributed by atoms with Gasteiger partial charge in [0.1, 0.15) is 18.5 Å². The first-order valence-corrected chi connectivity index (χ1v) is 8.33. The molecule has 1 fully saturated rings. The number of likely N-dealkylation sites (tertiary alicyclic amines) is 1. The number of β-amino-alcohol motifs (C(OH)–C–C–N with tert-alkyl or cyclic N) is 1. The van der Waals surface area contributed by atoms with Crippen molar-refractivity contribution in [1.82, 2.24) is 4.90 Å². The Balaban J connectivity index is 1.72. The molecule has 0 saturated carbocycles. The Labute approximate surface area is 138 Å². The van der Waals surface area contributed by atoms with Crippen LogP contribution in [0.5, 0.6) is 5.75 Å². The Morgan fingerprint density at radius 2 is 2.09 bits per heavy atom. The molecule has 1 saturated heterocycles. The van der Waals surface area contributed by atoms with Crippen LogP contribution in [0.2, 0.25) is 0 Å². The summed E-state index contributed by atoms with van der Waals surface area (Å²) in [5.74, 6) is 1.02. The molecule has 0 radical (unpaired) electrons. The maximum Gasteiger partial charge on any atom is 0.217 e. The number of hydrogen-bond acceptors (Lipinski definition) is 4. The van der Waals surface area contributed by atoms with Crippen LogP contribution in [0.25, 0.3) is 0 Å². The largest absolute Gasteiger partial charge is 0.491 e. The zero-order valence-electron chi connectivity index (χ0n) is 14.1. The number of nitrogens with two attached hydrogens (primary N) is 1. The highest BCUT2D eigenvalue weighted by Crippen LogP contribution is 2.21. The number of aliphatic hydroxyl groups excluding tert-OH is 1. The summed E-state index contributed by atoms with van der Waals surface area (Å²) in [7, 11) is 0. The number of amides is 1. The highest BCUT2D eigenvalue weighted by atomic mass is 16.5. The molecule has 1 aliphatic heterocycles. The number of rotatable bonds is 7. The molecule has 1 heterocycles. The van der Waals surface area contributed by atoms with Crippen LogP contribution in [0.15, 0.2) is 18.2 Å². The Bertz CT molecular complexity index is 525. The zero-order valence-corrected chi connectivity index (χ0v) is 14.1. The SMILES string of the molecule is Cc1ccc(C)c(OC[C@H](O)CN2CCC(CC(N)=O)CC2)c1. The third-order valence-corrected chi connectivity index (χ3v) is 4.44. The fourth-order valence-electron chi connectivity index (χ4n) is 3.06. The monoisotopic (exact) mass is 320 g/mol. The predicted molar refractivity (Wildman–Crippen MR) is 90.4 cm³/mol. The van der Waals surface area contributed by atoms with Gasteiger partial charge in [-0.1, -0.05) is 12.1 Å². The molecule has 1 atom stereocenters. The van der Waals surface area contributed by atoms with E-state index in [0.717, 1.165) is 42.8 Å². The maximum absolute atomic E-state index is 11.0. The van der Waals surface area contributed by atoms with Crippen molar-refractivity contribution in [2.24, 2.45) is 11.7 Å². The van der Waals surface area contributed by atoms with Crippen molar-refractivity contribution >= 4 is 5.91 Å². The molecule has 23 heavy (non-hydrogen) atoms. The number of primary amides is 1. The van der Waals surface area contributed by atoms with Crippen LogP contribution >= 0.6 is 0 Å². The normalized spacial score (nSPS) is 17.9. The molecule has 0 aliphatic carbocycles. The minimum atomic E-state index is -0.511. The summed E-state index contributed by atoms with van der Waals surface area (Å²) in [4.78, 5) is 13.2. The van der Waals surface area contributed by atoms with Gasteiger partial charge in [-0.25, -0.2) is 0 Å². The Morgan fingerprint density at radius 1 is 1.39 bits per heavy atom. The molecule has 0 aromatic heterocycles. The van der Waals surface area contributed by atoms with Crippen LogP contribution in [-0.4, -0.2) is 48.3 Å². The molecule has 5 nitrogen and oxygen atoms in total. The van der Waals surface area contributed by atoms with E-state index in [1.165, 1.54) is 0 Å². The van der Waals surface area contributed by atoms with Gasteiger partial charge >= 0.3 is 0 Å². The summed E-state index contributed by atoms with van der Waals surface area (Å²) < 4.78 is 5.76. The predicted octanol–water partition coefficient (Wildman–Crippen LogP) is 1.63. The Morgan fingerprint density at radius 3 is 2.74 bits per heavy atom. The Kier molecular flexibility index (Phi) is 6.42. The number of carbonyl (C=O) groups is 1. The number of aliphatic hydroxyl groups is 1. The third kappa shape index (κ3) is 5.84. The van der Waals surface area contributed by atoms with Crippen LogP contribution in [-0.2, 0) is 4.79 Å². The number of piperidine rings is 1. The fraction of sp³-hybridized carbons (Fsp3) is 0.611. The molecular formula is C18H28N2O3. The van der Waals surface area contributed by atoms with Gasteiger partial charge in [0.05, 0.1) is 0 Å². The summed E-state index contributed by atoms with van der Waals surface area (Å²) in [6.07, 6.45) is 1.90. The first kappa shape index (κ1) is 17.8. The number of carbonyl (C=O) groups excluding carboxylic acids is 1. The van der Waals surface area contributed by atoms with Crippen molar-refractivity contribution in [3.05, 3.63) is 29.3 Å². The maximum atomic E-state index is 11.0. The first-order chi connectivity index (χ1) is 10.9. The van der Waals surface area contributed by atoms with Gasteiger partial charge in [0, 0.05) is 13.0 Å². The topological polar surface area (TPSA) is 75.8 Å². The highest BCUT2D eigenvalue weighted by Gasteiger charge is 2.22. The van der Waals surface area contributed by atoms with Crippen LogP contribution in [0.4, 0.5) is 0 Å². The standard InChI is InChI=1S/C18H28N2O3/c1-13-3-4-14(2)17(9-13)23-12-16(21)11-20-7-5-15(6-8-20)10-18(19)22/h3-4,9,15-16,21H,5-8,10-12H2,1-2H3,(H2,19,22)/t16-/m1/s1. The summed E-state index contributed by atoms with van der Waals surface area (Å²) in [6, 6.07) is 6.08. The van der Waals surface area contributed by atoms with E-state index in [0.29, 0.717) is 25.5 Å². The van der Waals surface area contributed by atoms with Gasteiger partial charge in [0.2, 0.25) is 5.91 Å². The van der Waals surface area contributed by atoms with E-state index in [1.807, 2.05) is 26.0 Å². The van der Waals surface area contributed by atoms with Gasteiger partial charge in [0.15, 0.2) is 0 Å². The summed E-state index contributed by atoms with van der Waals surface area (Å²) in [5.41, 5.74) is 7.48. The van der Waals surface area contributed by atoms with Crippen molar-refractivity contribution in [2.75, 3.05) is 26.2 Å². The van der Waals surface area contributed by atoms with Crippen LogP contribution in [0, 0.1) is 19.8 Å². The second-order valence-electron chi connectivity index (χ2n) is 6.65.